The van der Waals surface area contributed by atoms with Gasteiger partial charge in [0, 0.05) is 30.3 Å². The van der Waals surface area contributed by atoms with Crippen LogP contribution < -0.4 is 5.32 Å². The maximum absolute atomic E-state index is 12.0. The van der Waals surface area contributed by atoms with E-state index in [0.29, 0.717) is 5.69 Å². The van der Waals surface area contributed by atoms with Crippen LogP contribution in [0.4, 0.5) is 5.69 Å². The summed E-state index contributed by atoms with van der Waals surface area (Å²) in [6.45, 7) is 0.999. The first-order valence-corrected chi connectivity index (χ1v) is 7.18. The Morgan fingerprint density at radius 2 is 2.27 bits per heavy atom. The lowest BCUT2D eigenvalue weighted by molar-refractivity contribution is 0.0988. The van der Waals surface area contributed by atoms with Crippen LogP contribution in [0, 0.1) is 0 Å². The van der Waals surface area contributed by atoms with Gasteiger partial charge in [-0.05, 0) is 18.6 Å². The van der Waals surface area contributed by atoms with E-state index in [1.165, 1.54) is 12.3 Å². The van der Waals surface area contributed by atoms with Crippen LogP contribution in [0.2, 0.25) is 0 Å². The molecular weight excluding hydrogens is 280 g/mol. The third kappa shape index (κ3) is 2.18. The van der Waals surface area contributed by atoms with E-state index in [1.54, 1.807) is 0 Å². The molecular formula is C16H14N4O2. The number of nitrogens with one attached hydrogen (secondary N) is 1. The van der Waals surface area contributed by atoms with E-state index in [2.05, 4.69) is 20.0 Å². The van der Waals surface area contributed by atoms with Gasteiger partial charge in [-0.3, -0.25) is 4.79 Å². The summed E-state index contributed by atoms with van der Waals surface area (Å²) < 4.78 is 7.09. The van der Waals surface area contributed by atoms with Crippen LogP contribution in [0.3, 0.4) is 0 Å². The molecule has 0 atom stereocenters. The molecule has 1 amide bonds. The van der Waals surface area contributed by atoms with Crippen molar-refractivity contribution in [1.29, 1.82) is 0 Å². The molecule has 3 aromatic rings. The number of nitrogens with zero attached hydrogens (tertiary/aromatic N) is 3. The Kier molecular flexibility index (Phi) is 3.00. The molecule has 0 saturated heterocycles. The van der Waals surface area contributed by atoms with E-state index >= 15 is 0 Å². The number of aryl methyl sites for hydroxylation is 1. The average Bonchev–Trinajstić information content (AvgIpc) is 3.25. The van der Waals surface area contributed by atoms with Crippen molar-refractivity contribution < 1.29 is 9.32 Å². The van der Waals surface area contributed by atoms with Gasteiger partial charge >= 0.3 is 0 Å². The molecule has 1 aliphatic rings. The predicted molar refractivity (Wildman–Crippen MR) is 80.4 cm³/mol. The van der Waals surface area contributed by atoms with E-state index in [1.807, 2.05) is 30.5 Å². The van der Waals surface area contributed by atoms with Gasteiger partial charge in [0.2, 0.25) is 5.76 Å². The molecule has 0 unspecified atom stereocenters. The lowest BCUT2D eigenvalue weighted by Gasteiger charge is -2.08. The molecule has 2 aromatic heterocycles. The third-order valence-electron chi connectivity index (χ3n) is 3.80. The average molecular weight is 294 g/mol. The molecule has 1 N–H and O–H groups in total. The van der Waals surface area contributed by atoms with Crippen molar-refractivity contribution in [3.05, 3.63) is 54.3 Å². The van der Waals surface area contributed by atoms with Gasteiger partial charge in [0.1, 0.15) is 5.82 Å². The van der Waals surface area contributed by atoms with E-state index in [9.17, 15) is 4.79 Å². The lowest BCUT2D eigenvalue weighted by atomic mass is 10.1. The molecule has 0 bridgehead atoms. The minimum Gasteiger partial charge on any atom is -0.351 e. The van der Waals surface area contributed by atoms with Crippen molar-refractivity contribution in [2.45, 2.75) is 19.4 Å². The van der Waals surface area contributed by atoms with Crippen molar-refractivity contribution in [1.82, 2.24) is 14.7 Å². The fraction of sp³-hybridized carbons (Fsp3) is 0.188. The number of amides is 1. The summed E-state index contributed by atoms with van der Waals surface area (Å²) >= 11 is 0. The second-order valence-corrected chi connectivity index (χ2v) is 5.23. The number of hydrogen-bond donors (Lipinski definition) is 1. The van der Waals surface area contributed by atoms with Crippen LogP contribution in [0.1, 0.15) is 22.8 Å². The highest BCUT2D eigenvalue weighted by atomic mass is 16.5. The minimum atomic E-state index is -0.312. The Hall–Kier alpha value is -2.89. The Bertz CT molecular complexity index is 821. The molecule has 6 nitrogen and oxygen atoms in total. The number of benzene rings is 1. The standard InChI is InChI=1S/C16H14N4O2/c21-16(14-6-7-18-22-14)19-12-4-1-3-11(9-12)13-10-17-15-5-2-8-20(13)15/h1,3-4,6-7,9-10H,2,5,8H2,(H,19,21). The first kappa shape index (κ1) is 12.8. The molecule has 4 rings (SSSR count). The first-order chi connectivity index (χ1) is 10.8. The predicted octanol–water partition coefficient (Wildman–Crippen LogP) is 2.74. The zero-order chi connectivity index (χ0) is 14.9. The number of hydrogen-bond acceptors (Lipinski definition) is 4. The number of imidazole rings is 1. The molecule has 0 aliphatic carbocycles. The molecule has 1 aliphatic heterocycles. The molecule has 1 aromatic carbocycles. The van der Waals surface area contributed by atoms with Gasteiger partial charge in [-0.1, -0.05) is 17.3 Å². The van der Waals surface area contributed by atoms with Crippen LogP contribution in [-0.4, -0.2) is 20.6 Å². The highest BCUT2D eigenvalue weighted by Gasteiger charge is 2.17. The molecule has 3 heterocycles. The number of rotatable bonds is 3. The molecule has 0 radical (unpaired) electrons. The van der Waals surface area contributed by atoms with E-state index < -0.39 is 0 Å². The quantitative estimate of drug-likeness (QED) is 0.806. The van der Waals surface area contributed by atoms with Crippen LogP contribution in [0.15, 0.2) is 47.2 Å². The summed E-state index contributed by atoms with van der Waals surface area (Å²) in [6, 6.07) is 9.26. The largest absolute Gasteiger partial charge is 0.351 e. The Morgan fingerprint density at radius 3 is 3.14 bits per heavy atom. The third-order valence-corrected chi connectivity index (χ3v) is 3.80. The van der Waals surface area contributed by atoms with Gasteiger partial charge in [-0.25, -0.2) is 4.98 Å². The second-order valence-electron chi connectivity index (χ2n) is 5.23. The Morgan fingerprint density at radius 1 is 1.32 bits per heavy atom. The monoisotopic (exact) mass is 294 g/mol. The van der Waals surface area contributed by atoms with Crippen molar-refractivity contribution in [2.75, 3.05) is 5.32 Å². The van der Waals surface area contributed by atoms with Crippen LogP contribution >= 0.6 is 0 Å². The molecule has 110 valence electrons. The zero-order valence-electron chi connectivity index (χ0n) is 11.8. The Labute approximate surface area is 126 Å². The smallest absolute Gasteiger partial charge is 0.294 e. The lowest BCUT2D eigenvalue weighted by Crippen LogP contribution is -2.10. The number of carbonyl (C=O) groups excluding carboxylic acids is 1. The highest BCUT2D eigenvalue weighted by molar-refractivity contribution is 6.02. The normalized spacial score (nSPS) is 13.1. The number of fused-ring (bicyclic) bond motifs is 1. The van der Waals surface area contributed by atoms with Crippen LogP contribution in [-0.2, 0) is 13.0 Å². The van der Waals surface area contributed by atoms with E-state index in [4.69, 9.17) is 4.52 Å². The van der Waals surface area contributed by atoms with Gasteiger partial charge in [-0.15, -0.1) is 0 Å². The Balaban J connectivity index is 1.62. The maximum atomic E-state index is 12.0. The maximum Gasteiger partial charge on any atom is 0.294 e. The van der Waals surface area contributed by atoms with Crippen molar-refractivity contribution >= 4 is 11.6 Å². The fourth-order valence-corrected chi connectivity index (χ4v) is 2.77. The minimum absolute atomic E-state index is 0.190. The molecule has 0 fully saturated rings. The summed E-state index contributed by atoms with van der Waals surface area (Å²) in [6.07, 6.45) is 5.51. The number of anilines is 1. The molecule has 0 saturated carbocycles. The summed E-state index contributed by atoms with van der Waals surface area (Å²) in [5, 5.41) is 6.35. The summed E-state index contributed by atoms with van der Waals surface area (Å²) in [4.78, 5) is 16.5. The number of aromatic nitrogens is 3. The van der Waals surface area contributed by atoms with Crippen molar-refractivity contribution in [3.8, 4) is 11.3 Å². The van der Waals surface area contributed by atoms with Gasteiger partial charge in [0.05, 0.1) is 18.1 Å². The van der Waals surface area contributed by atoms with Crippen molar-refractivity contribution in [2.24, 2.45) is 0 Å². The molecule has 0 spiro atoms. The van der Waals surface area contributed by atoms with Gasteiger partial charge in [0.25, 0.3) is 5.91 Å². The zero-order valence-corrected chi connectivity index (χ0v) is 11.8. The summed E-state index contributed by atoms with van der Waals surface area (Å²) in [5.41, 5.74) is 2.84. The molecule has 6 heteroatoms. The topological polar surface area (TPSA) is 73.0 Å². The van der Waals surface area contributed by atoms with Crippen LogP contribution in [0.5, 0.6) is 0 Å². The van der Waals surface area contributed by atoms with Crippen molar-refractivity contribution in [3.63, 3.8) is 0 Å². The van der Waals surface area contributed by atoms with E-state index in [0.717, 1.165) is 36.5 Å². The SMILES string of the molecule is O=C(Nc1cccc(-c2cnc3n2CCC3)c1)c1ccno1. The van der Waals surface area contributed by atoms with Gasteiger partial charge in [-0.2, -0.15) is 0 Å². The molecule has 22 heavy (non-hydrogen) atoms. The fourth-order valence-electron chi connectivity index (χ4n) is 2.77. The second kappa shape index (κ2) is 5.14. The van der Waals surface area contributed by atoms with Gasteiger partial charge < -0.3 is 14.4 Å². The van der Waals surface area contributed by atoms with E-state index in [-0.39, 0.29) is 11.7 Å². The van der Waals surface area contributed by atoms with Gasteiger partial charge in [0.15, 0.2) is 0 Å². The highest BCUT2D eigenvalue weighted by Crippen LogP contribution is 2.27. The van der Waals surface area contributed by atoms with Crippen LogP contribution in [0.25, 0.3) is 11.3 Å². The summed E-state index contributed by atoms with van der Waals surface area (Å²) in [5.74, 6) is 1.01. The summed E-state index contributed by atoms with van der Waals surface area (Å²) in [7, 11) is 0. The first-order valence-electron chi connectivity index (χ1n) is 7.18. The number of carbonyl (C=O) groups is 1.